The third kappa shape index (κ3) is 14.2. The van der Waals surface area contributed by atoms with Gasteiger partial charge in [0.2, 0.25) is 0 Å². The topological polar surface area (TPSA) is 87.1 Å². The van der Waals surface area contributed by atoms with E-state index >= 15 is 0 Å². The van der Waals surface area contributed by atoms with E-state index in [1.54, 1.807) is 0 Å². The SMILES string of the molecule is CC(C)(C)OC(=O)N[C@@H](CC[Si](C)(C)C)[C@H](CCC[Si](C)(C)C)N=[N+]=[N-]. The summed E-state index contributed by atoms with van der Waals surface area (Å²) in [5.74, 6) is 0. The van der Waals surface area contributed by atoms with Gasteiger partial charge in [-0.15, -0.1) is 0 Å². The summed E-state index contributed by atoms with van der Waals surface area (Å²) in [6.45, 7) is 19.5. The van der Waals surface area contributed by atoms with Crippen LogP contribution < -0.4 is 5.32 Å². The molecule has 0 fully saturated rings. The first kappa shape index (κ1) is 25.0. The molecule has 2 atom stereocenters. The lowest BCUT2D eigenvalue weighted by atomic mass is 10.0. The van der Waals surface area contributed by atoms with Gasteiger partial charge in [-0.3, -0.25) is 0 Å². The van der Waals surface area contributed by atoms with Crippen LogP contribution in [-0.2, 0) is 4.74 Å². The Bertz CT molecular complexity index is 487. The minimum Gasteiger partial charge on any atom is -0.444 e. The normalized spacial score (nSPS) is 15.0. The molecule has 0 spiro atoms. The van der Waals surface area contributed by atoms with Crippen LogP contribution in [0.25, 0.3) is 10.4 Å². The van der Waals surface area contributed by atoms with Crippen LogP contribution in [-0.4, -0.2) is 39.9 Å². The largest absolute Gasteiger partial charge is 0.444 e. The van der Waals surface area contributed by atoms with Crippen LogP contribution in [0, 0.1) is 0 Å². The van der Waals surface area contributed by atoms with Crippen molar-refractivity contribution in [1.29, 1.82) is 0 Å². The number of carbonyl (C=O) groups excluding carboxylic acids is 1. The van der Waals surface area contributed by atoms with Crippen molar-refractivity contribution in [2.75, 3.05) is 0 Å². The summed E-state index contributed by atoms with van der Waals surface area (Å²) in [7, 11) is -2.40. The number of alkyl carbamates (subject to hydrolysis) is 1. The molecule has 0 saturated heterocycles. The van der Waals surface area contributed by atoms with Gasteiger partial charge in [0.05, 0.1) is 6.04 Å². The highest BCUT2D eigenvalue weighted by atomic mass is 28.3. The highest BCUT2D eigenvalue weighted by Crippen LogP contribution is 2.22. The maximum atomic E-state index is 12.3. The molecule has 1 N–H and O–H groups in total. The van der Waals surface area contributed by atoms with Crippen molar-refractivity contribution in [3.8, 4) is 0 Å². The molecule has 1 amide bonds. The average Bonchev–Trinajstić information content (AvgIpc) is 2.38. The Labute approximate surface area is 162 Å². The van der Waals surface area contributed by atoms with Crippen LogP contribution in [0.2, 0.25) is 51.4 Å². The summed E-state index contributed by atoms with van der Waals surface area (Å²) in [5.41, 5.74) is 8.48. The molecule has 0 aliphatic carbocycles. The molecule has 0 unspecified atom stereocenters. The summed E-state index contributed by atoms with van der Waals surface area (Å²) in [5, 5.41) is 7.02. The number of rotatable bonds is 10. The Morgan fingerprint density at radius 2 is 1.62 bits per heavy atom. The Hall–Kier alpha value is -0.986. The molecule has 0 aromatic carbocycles. The van der Waals surface area contributed by atoms with E-state index in [-0.39, 0.29) is 12.1 Å². The molecule has 0 saturated carbocycles. The molecule has 0 rings (SSSR count). The lowest BCUT2D eigenvalue weighted by Gasteiger charge is -2.29. The van der Waals surface area contributed by atoms with Crippen LogP contribution in [0.3, 0.4) is 0 Å². The third-order valence-electron chi connectivity index (χ3n) is 4.00. The van der Waals surface area contributed by atoms with Gasteiger partial charge in [-0.05, 0) is 39.1 Å². The predicted molar refractivity (Wildman–Crippen MR) is 116 cm³/mol. The number of nitrogens with one attached hydrogen (secondary N) is 1. The van der Waals surface area contributed by atoms with Crippen LogP contribution in [0.5, 0.6) is 0 Å². The zero-order chi connectivity index (χ0) is 20.6. The van der Waals surface area contributed by atoms with Gasteiger partial charge in [0, 0.05) is 27.1 Å². The Balaban J connectivity index is 5.13. The van der Waals surface area contributed by atoms with E-state index in [0.717, 1.165) is 25.3 Å². The first-order chi connectivity index (χ1) is 11.6. The fourth-order valence-electron chi connectivity index (χ4n) is 2.66. The first-order valence-electron chi connectivity index (χ1n) is 9.67. The molecule has 0 aliphatic rings. The first-order valence-corrected chi connectivity index (χ1v) is 17.1. The van der Waals surface area contributed by atoms with E-state index in [9.17, 15) is 4.79 Å². The average molecular weight is 401 g/mol. The smallest absolute Gasteiger partial charge is 0.407 e. The molecular weight excluding hydrogens is 360 g/mol. The second kappa shape index (κ2) is 10.4. The van der Waals surface area contributed by atoms with Gasteiger partial charge in [0.1, 0.15) is 5.60 Å². The van der Waals surface area contributed by atoms with E-state index < -0.39 is 27.8 Å². The van der Waals surface area contributed by atoms with E-state index in [1.165, 1.54) is 6.04 Å². The Morgan fingerprint density at radius 1 is 1.08 bits per heavy atom. The zero-order valence-electron chi connectivity index (χ0n) is 18.3. The molecule has 0 heterocycles. The van der Waals surface area contributed by atoms with Gasteiger partial charge in [0.15, 0.2) is 0 Å². The number of amides is 1. The highest BCUT2D eigenvalue weighted by molar-refractivity contribution is 6.76. The molecule has 152 valence electrons. The maximum absolute atomic E-state index is 12.3. The monoisotopic (exact) mass is 400 g/mol. The lowest BCUT2D eigenvalue weighted by Crippen LogP contribution is -2.45. The standard InChI is InChI=1S/C18H40N4O2Si2/c1-18(2,3)24-17(23)20-15(12-14-26(7,8)9)16(21-22-19)11-10-13-25(4,5)6/h15-16H,10-14H2,1-9H3,(H,20,23)/t15-,16-/m0/s1. The second-order valence-corrected chi connectivity index (χ2v) is 21.8. The third-order valence-corrected chi connectivity index (χ3v) is 7.64. The van der Waals surface area contributed by atoms with Gasteiger partial charge in [-0.1, -0.05) is 62.9 Å². The van der Waals surface area contributed by atoms with Crippen LogP contribution >= 0.6 is 0 Å². The fourth-order valence-corrected chi connectivity index (χ4v) is 5.10. The number of hydrogen-bond donors (Lipinski definition) is 1. The summed E-state index contributed by atoms with van der Waals surface area (Å²) in [4.78, 5) is 15.3. The maximum Gasteiger partial charge on any atom is 0.407 e. The Morgan fingerprint density at radius 3 is 2.04 bits per heavy atom. The van der Waals surface area contributed by atoms with Crippen molar-refractivity contribution in [3.63, 3.8) is 0 Å². The van der Waals surface area contributed by atoms with Crippen molar-refractivity contribution >= 4 is 22.2 Å². The van der Waals surface area contributed by atoms with Crippen LogP contribution in [0.4, 0.5) is 4.79 Å². The van der Waals surface area contributed by atoms with Crippen molar-refractivity contribution in [2.24, 2.45) is 5.11 Å². The van der Waals surface area contributed by atoms with Crippen molar-refractivity contribution in [2.45, 2.75) is 109 Å². The molecule has 0 aromatic heterocycles. The highest BCUT2D eigenvalue weighted by Gasteiger charge is 2.27. The Kier molecular flexibility index (Phi) is 9.98. The van der Waals surface area contributed by atoms with Gasteiger partial charge in [0.25, 0.3) is 0 Å². The number of hydrogen-bond acceptors (Lipinski definition) is 3. The van der Waals surface area contributed by atoms with Gasteiger partial charge in [-0.2, -0.15) is 0 Å². The minimum atomic E-state index is -1.27. The molecule has 8 heteroatoms. The molecule has 26 heavy (non-hydrogen) atoms. The molecule has 0 aromatic rings. The summed E-state index contributed by atoms with van der Waals surface area (Å²) < 4.78 is 5.42. The van der Waals surface area contributed by atoms with Gasteiger partial charge in [-0.25, -0.2) is 4.79 Å². The van der Waals surface area contributed by atoms with E-state index in [1.807, 2.05) is 20.8 Å². The summed E-state index contributed by atoms with van der Waals surface area (Å²) in [6.07, 6.45) is 2.23. The van der Waals surface area contributed by atoms with E-state index in [4.69, 9.17) is 10.3 Å². The summed E-state index contributed by atoms with van der Waals surface area (Å²) >= 11 is 0. The predicted octanol–water partition coefficient (Wildman–Crippen LogP) is 6.41. The quantitative estimate of drug-likeness (QED) is 0.199. The van der Waals surface area contributed by atoms with Crippen LogP contribution in [0.1, 0.15) is 40.0 Å². The molecule has 0 aliphatic heterocycles. The molecule has 6 nitrogen and oxygen atoms in total. The van der Waals surface area contributed by atoms with Gasteiger partial charge < -0.3 is 10.1 Å². The molecule has 0 radical (unpaired) electrons. The van der Waals surface area contributed by atoms with Crippen LogP contribution in [0.15, 0.2) is 5.11 Å². The number of nitrogens with zero attached hydrogens (tertiary/aromatic N) is 3. The lowest BCUT2D eigenvalue weighted by molar-refractivity contribution is 0.0494. The zero-order valence-corrected chi connectivity index (χ0v) is 20.3. The summed E-state index contributed by atoms with van der Waals surface area (Å²) in [6, 6.07) is 1.87. The van der Waals surface area contributed by atoms with Crippen molar-refractivity contribution in [3.05, 3.63) is 10.4 Å². The number of ether oxygens (including phenoxy) is 1. The second-order valence-electron chi connectivity index (χ2n) is 10.6. The fraction of sp³-hybridized carbons (Fsp3) is 0.944. The molecular formula is C18H40N4O2Si2. The van der Waals surface area contributed by atoms with E-state index in [0.29, 0.717) is 0 Å². The minimum absolute atomic E-state index is 0.172. The number of azide groups is 1. The van der Waals surface area contributed by atoms with Crippen molar-refractivity contribution in [1.82, 2.24) is 5.32 Å². The van der Waals surface area contributed by atoms with E-state index in [2.05, 4.69) is 54.6 Å². The van der Waals surface area contributed by atoms with Crippen molar-refractivity contribution < 1.29 is 9.53 Å². The molecule has 0 bridgehead atoms. The number of carbonyl (C=O) groups is 1. The van der Waals surface area contributed by atoms with Gasteiger partial charge >= 0.3 is 6.09 Å².